The molecular formula is C17H19FN2O3. The lowest BCUT2D eigenvalue weighted by atomic mass is 10.2. The maximum absolute atomic E-state index is 14.1. The Morgan fingerprint density at radius 2 is 1.96 bits per heavy atom. The van der Waals surface area contributed by atoms with Gasteiger partial charge in [0.2, 0.25) is 0 Å². The van der Waals surface area contributed by atoms with Crippen molar-refractivity contribution in [1.82, 2.24) is 4.90 Å². The van der Waals surface area contributed by atoms with Gasteiger partial charge in [0.25, 0.3) is 0 Å². The van der Waals surface area contributed by atoms with Crippen molar-refractivity contribution in [2.24, 2.45) is 0 Å². The largest absolute Gasteiger partial charge is 0.455 e. The molecule has 0 fully saturated rings. The molecule has 2 rings (SSSR count). The number of nitrogens with one attached hydrogen (secondary N) is 1. The van der Waals surface area contributed by atoms with Crippen LogP contribution in [0.25, 0.3) is 0 Å². The average molecular weight is 318 g/mol. The third-order valence-corrected chi connectivity index (χ3v) is 3.42. The molecule has 1 atom stereocenters. The van der Waals surface area contributed by atoms with E-state index < -0.39 is 11.8 Å². The predicted octanol–water partition coefficient (Wildman–Crippen LogP) is 3.46. The summed E-state index contributed by atoms with van der Waals surface area (Å²) in [5.41, 5.74) is -0.0432. The van der Waals surface area contributed by atoms with E-state index in [1.165, 1.54) is 24.1 Å². The van der Waals surface area contributed by atoms with Crippen LogP contribution in [0.5, 0.6) is 11.5 Å². The molecule has 0 saturated carbocycles. The molecule has 0 aromatic heterocycles. The number of halogens is 1. The number of hydrogen-bond acceptors (Lipinski definition) is 3. The molecular weight excluding hydrogens is 299 g/mol. The van der Waals surface area contributed by atoms with Gasteiger partial charge in [-0.15, -0.1) is 0 Å². The molecule has 5 nitrogen and oxygen atoms in total. The highest BCUT2D eigenvalue weighted by molar-refractivity contribution is 5.91. The van der Waals surface area contributed by atoms with E-state index in [1.54, 1.807) is 37.3 Å². The summed E-state index contributed by atoms with van der Waals surface area (Å²) in [6, 6.07) is 12.3. The molecule has 2 amide bonds. The zero-order chi connectivity index (χ0) is 16.8. The second-order valence-corrected chi connectivity index (χ2v) is 5.10. The number of benzene rings is 2. The third-order valence-electron chi connectivity index (χ3n) is 3.42. The zero-order valence-electron chi connectivity index (χ0n) is 13.0. The van der Waals surface area contributed by atoms with Crippen molar-refractivity contribution in [3.63, 3.8) is 0 Å². The van der Waals surface area contributed by atoms with E-state index in [1.807, 2.05) is 6.07 Å². The summed E-state index contributed by atoms with van der Waals surface area (Å²) in [5.74, 6) is 0.136. The number of anilines is 1. The normalized spacial score (nSPS) is 11.7. The standard InChI is InChI=1S/C17H19FN2O3/c1-12(11-21)20(2)17(22)19-16-14(18)9-6-10-15(16)23-13-7-4-3-5-8-13/h3-10,12,21H,11H2,1-2H3,(H,19,22). The molecule has 2 aromatic carbocycles. The van der Waals surface area contributed by atoms with Crippen molar-refractivity contribution in [1.29, 1.82) is 0 Å². The summed E-state index contributed by atoms with van der Waals surface area (Å²) in [6.07, 6.45) is 0. The fourth-order valence-corrected chi connectivity index (χ4v) is 1.84. The van der Waals surface area contributed by atoms with Gasteiger partial charge in [-0.2, -0.15) is 0 Å². The number of aliphatic hydroxyl groups excluding tert-OH is 1. The molecule has 0 aliphatic carbocycles. The Kier molecular flexibility index (Phi) is 5.54. The smallest absolute Gasteiger partial charge is 0.322 e. The van der Waals surface area contributed by atoms with E-state index in [0.717, 1.165) is 0 Å². The molecule has 0 spiro atoms. The zero-order valence-corrected chi connectivity index (χ0v) is 13.0. The fraction of sp³-hybridized carbons (Fsp3) is 0.235. The van der Waals surface area contributed by atoms with Crippen LogP contribution in [0.2, 0.25) is 0 Å². The molecule has 2 N–H and O–H groups in total. The van der Waals surface area contributed by atoms with Gasteiger partial charge < -0.3 is 20.1 Å². The topological polar surface area (TPSA) is 61.8 Å². The van der Waals surface area contributed by atoms with Gasteiger partial charge in [-0.1, -0.05) is 24.3 Å². The van der Waals surface area contributed by atoms with E-state index in [-0.39, 0.29) is 24.1 Å². The molecule has 0 bridgehead atoms. The SMILES string of the molecule is CC(CO)N(C)C(=O)Nc1c(F)cccc1Oc1ccccc1. The molecule has 0 heterocycles. The number of likely N-dealkylation sites (N-methyl/N-ethyl adjacent to an activating group) is 1. The molecule has 122 valence electrons. The number of carbonyl (C=O) groups excluding carboxylic acids is 1. The summed E-state index contributed by atoms with van der Waals surface area (Å²) in [5, 5.41) is 11.6. The third kappa shape index (κ3) is 4.20. The van der Waals surface area contributed by atoms with E-state index in [4.69, 9.17) is 9.84 Å². The Balaban J connectivity index is 2.23. The summed E-state index contributed by atoms with van der Waals surface area (Å²) in [4.78, 5) is 13.4. The van der Waals surface area contributed by atoms with Crippen LogP contribution < -0.4 is 10.1 Å². The quantitative estimate of drug-likeness (QED) is 0.887. The van der Waals surface area contributed by atoms with Gasteiger partial charge in [0.15, 0.2) is 11.6 Å². The van der Waals surface area contributed by atoms with Crippen molar-refractivity contribution < 1.29 is 19.0 Å². The minimum absolute atomic E-state index is 0.0432. The van der Waals surface area contributed by atoms with Crippen molar-refractivity contribution in [3.05, 3.63) is 54.3 Å². The van der Waals surface area contributed by atoms with Crippen molar-refractivity contribution in [2.75, 3.05) is 19.0 Å². The highest BCUT2D eigenvalue weighted by atomic mass is 19.1. The van der Waals surface area contributed by atoms with Crippen LogP contribution in [0.4, 0.5) is 14.9 Å². The Bertz CT molecular complexity index is 664. The number of urea groups is 1. The van der Waals surface area contributed by atoms with Gasteiger partial charge in [0.05, 0.1) is 12.6 Å². The first-order valence-corrected chi connectivity index (χ1v) is 7.19. The summed E-state index contributed by atoms with van der Waals surface area (Å²) >= 11 is 0. The average Bonchev–Trinajstić information content (AvgIpc) is 2.57. The number of carbonyl (C=O) groups is 1. The van der Waals surface area contributed by atoms with Crippen LogP contribution in [0, 0.1) is 5.82 Å². The van der Waals surface area contributed by atoms with E-state index in [0.29, 0.717) is 5.75 Å². The van der Waals surface area contributed by atoms with Crippen molar-refractivity contribution >= 4 is 11.7 Å². The summed E-state index contributed by atoms with van der Waals surface area (Å²) in [7, 11) is 1.52. The van der Waals surface area contributed by atoms with Crippen molar-refractivity contribution in [3.8, 4) is 11.5 Å². The number of para-hydroxylation sites is 2. The van der Waals surface area contributed by atoms with Crippen LogP contribution in [0.3, 0.4) is 0 Å². The molecule has 2 aromatic rings. The number of hydrogen-bond donors (Lipinski definition) is 2. The Labute approximate surface area is 134 Å². The van der Waals surface area contributed by atoms with Crippen LogP contribution in [-0.4, -0.2) is 35.7 Å². The lowest BCUT2D eigenvalue weighted by Gasteiger charge is -2.24. The highest BCUT2D eigenvalue weighted by Gasteiger charge is 2.19. The number of ether oxygens (including phenoxy) is 1. The Morgan fingerprint density at radius 1 is 1.26 bits per heavy atom. The number of nitrogens with zero attached hydrogens (tertiary/aromatic N) is 1. The maximum Gasteiger partial charge on any atom is 0.322 e. The minimum atomic E-state index is -0.600. The van der Waals surface area contributed by atoms with Crippen LogP contribution in [0.15, 0.2) is 48.5 Å². The minimum Gasteiger partial charge on any atom is -0.455 e. The molecule has 0 aliphatic heterocycles. The van der Waals surface area contributed by atoms with Gasteiger partial charge in [-0.25, -0.2) is 9.18 Å². The highest BCUT2D eigenvalue weighted by Crippen LogP contribution is 2.31. The van der Waals surface area contributed by atoms with Crippen molar-refractivity contribution in [2.45, 2.75) is 13.0 Å². The van der Waals surface area contributed by atoms with E-state index >= 15 is 0 Å². The Morgan fingerprint density at radius 3 is 2.61 bits per heavy atom. The van der Waals surface area contributed by atoms with Gasteiger partial charge in [0.1, 0.15) is 11.4 Å². The first kappa shape index (κ1) is 16.8. The van der Waals surface area contributed by atoms with E-state index in [2.05, 4.69) is 5.32 Å². The van der Waals surface area contributed by atoms with Crippen LogP contribution in [-0.2, 0) is 0 Å². The monoisotopic (exact) mass is 318 g/mol. The van der Waals surface area contributed by atoms with E-state index in [9.17, 15) is 9.18 Å². The molecule has 23 heavy (non-hydrogen) atoms. The van der Waals surface area contributed by atoms with Gasteiger partial charge in [-0.05, 0) is 31.2 Å². The predicted molar refractivity (Wildman–Crippen MR) is 86.2 cm³/mol. The molecule has 0 radical (unpaired) electrons. The number of aliphatic hydroxyl groups is 1. The second kappa shape index (κ2) is 7.60. The summed E-state index contributed by atoms with van der Waals surface area (Å²) < 4.78 is 19.7. The molecule has 0 aliphatic rings. The molecule has 1 unspecified atom stereocenters. The van der Waals surface area contributed by atoms with Crippen LogP contribution in [0.1, 0.15) is 6.92 Å². The molecule has 6 heteroatoms. The van der Waals surface area contributed by atoms with Gasteiger partial charge in [0, 0.05) is 7.05 Å². The molecule has 0 saturated heterocycles. The lowest BCUT2D eigenvalue weighted by molar-refractivity contribution is 0.166. The first-order chi connectivity index (χ1) is 11.0. The lowest BCUT2D eigenvalue weighted by Crippen LogP contribution is -2.40. The summed E-state index contributed by atoms with van der Waals surface area (Å²) in [6.45, 7) is 1.50. The van der Waals surface area contributed by atoms with Gasteiger partial charge >= 0.3 is 6.03 Å². The number of rotatable bonds is 5. The Hall–Kier alpha value is -2.60. The maximum atomic E-state index is 14.1. The fourth-order valence-electron chi connectivity index (χ4n) is 1.84. The number of amides is 2. The first-order valence-electron chi connectivity index (χ1n) is 7.19. The van der Waals surface area contributed by atoms with Gasteiger partial charge in [-0.3, -0.25) is 0 Å². The van der Waals surface area contributed by atoms with Crippen LogP contribution >= 0.6 is 0 Å². The second-order valence-electron chi connectivity index (χ2n) is 5.10.